The van der Waals surface area contributed by atoms with Crippen LogP contribution < -0.4 is 11.1 Å². The Balaban J connectivity index is 1.49. The number of nitrogens with two attached hydrogens (primary N) is 1. The van der Waals surface area contributed by atoms with Gasteiger partial charge in [-0.3, -0.25) is 5.32 Å². The fourth-order valence-electron chi connectivity index (χ4n) is 4.03. The van der Waals surface area contributed by atoms with Crippen molar-refractivity contribution >= 4 is 16.5 Å². The third-order valence-corrected chi connectivity index (χ3v) is 5.45. The van der Waals surface area contributed by atoms with E-state index in [1.165, 1.54) is 29.2 Å². The van der Waals surface area contributed by atoms with Crippen molar-refractivity contribution in [2.45, 2.75) is 18.5 Å². The van der Waals surface area contributed by atoms with Gasteiger partial charge in [-0.1, -0.05) is 24.3 Å². The number of benzene rings is 2. The fraction of sp³-hybridized carbons (Fsp3) is 0.250. The van der Waals surface area contributed by atoms with Gasteiger partial charge in [0.05, 0.1) is 30.5 Å². The van der Waals surface area contributed by atoms with Gasteiger partial charge in [0.25, 0.3) is 0 Å². The van der Waals surface area contributed by atoms with E-state index in [0.717, 1.165) is 30.0 Å². The van der Waals surface area contributed by atoms with Gasteiger partial charge in [-0.05, 0) is 47.9 Å². The van der Waals surface area contributed by atoms with E-state index in [1.54, 1.807) is 12.5 Å². The molecule has 2 fully saturated rings. The van der Waals surface area contributed by atoms with Gasteiger partial charge in [0.15, 0.2) is 0 Å². The number of hydrogen-bond donors (Lipinski definition) is 3. The largest absolute Gasteiger partial charge is 0.403 e. The predicted molar refractivity (Wildman–Crippen MR) is 100 cm³/mol. The second-order valence-corrected chi connectivity index (χ2v) is 6.94. The minimum absolute atomic E-state index is 0.157. The summed E-state index contributed by atoms with van der Waals surface area (Å²) in [6.07, 6.45) is 7.74. The van der Waals surface area contributed by atoms with Crippen LogP contribution in [0.3, 0.4) is 0 Å². The van der Waals surface area contributed by atoms with E-state index in [9.17, 15) is 0 Å². The number of imidazole rings is 1. The van der Waals surface area contributed by atoms with E-state index in [2.05, 4.69) is 56.6 Å². The van der Waals surface area contributed by atoms with Gasteiger partial charge in [-0.15, -0.1) is 0 Å². The van der Waals surface area contributed by atoms with Crippen molar-refractivity contribution in [2.75, 3.05) is 13.1 Å². The van der Waals surface area contributed by atoms with Crippen LogP contribution in [-0.2, 0) is 0 Å². The third kappa shape index (κ3) is 2.31. The van der Waals surface area contributed by atoms with Crippen molar-refractivity contribution in [1.82, 2.24) is 20.2 Å². The Hall–Kier alpha value is -2.79. The molecule has 1 atom stereocenters. The number of aromatic amines is 1. The van der Waals surface area contributed by atoms with Crippen LogP contribution in [-0.4, -0.2) is 33.6 Å². The number of aromatic nitrogens is 2. The van der Waals surface area contributed by atoms with Gasteiger partial charge < -0.3 is 15.6 Å². The van der Waals surface area contributed by atoms with E-state index in [-0.39, 0.29) is 5.66 Å². The highest BCUT2D eigenvalue weighted by molar-refractivity contribution is 5.89. The number of hydrogen-bond acceptors (Lipinski definition) is 4. The van der Waals surface area contributed by atoms with Crippen molar-refractivity contribution in [1.29, 1.82) is 0 Å². The Bertz CT molecular complexity index is 951. The van der Waals surface area contributed by atoms with E-state index < -0.39 is 0 Å². The summed E-state index contributed by atoms with van der Waals surface area (Å²) >= 11 is 0. The molecule has 3 aromatic rings. The van der Waals surface area contributed by atoms with Crippen molar-refractivity contribution in [3.05, 3.63) is 60.7 Å². The van der Waals surface area contributed by atoms with Crippen molar-refractivity contribution in [2.24, 2.45) is 5.73 Å². The molecule has 0 saturated carbocycles. The van der Waals surface area contributed by atoms with Gasteiger partial charge in [0.1, 0.15) is 5.66 Å². The Morgan fingerprint density at radius 2 is 2.08 bits per heavy atom. The molecule has 5 nitrogen and oxygen atoms in total. The lowest BCUT2D eigenvalue weighted by atomic mass is 10.0. The SMILES string of the molecule is N/C=C(/c1ccc2cc(-c3cnc[nH]3)ccc2c1)N1CC12CCCN2. The highest BCUT2D eigenvalue weighted by atomic mass is 15.5. The highest BCUT2D eigenvalue weighted by Gasteiger charge is 2.54. The molecule has 1 spiro atoms. The van der Waals surface area contributed by atoms with Crippen LogP contribution in [0.2, 0.25) is 0 Å². The number of nitrogens with zero attached hydrogens (tertiary/aromatic N) is 2. The normalized spacial score (nSPS) is 22.9. The second-order valence-electron chi connectivity index (χ2n) is 6.94. The fourth-order valence-corrected chi connectivity index (χ4v) is 4.03. The minimum atomic E-state index is 0.157. The van der Waals surface area contributed by atoms with Gasteiger partial charge >= 0.3 is 0 Å². The van der Waals surface area contributed by atoms with Crippen LogP contribution in [0.25, 0.3) is 27.7 Å². The molecule has 0 radical (unpaired) electrons. The summed E-state index contributed by atoms with van der Waals surface area (Å²) < 4.78 is 0. The van der Waals surface area contributed by atoms with Gasteiger partial charge in [0.2, 0.25) is 0 Å². The number of nitrogens with one attached hydrogen (secondary N) is 2. The van der Waals surface area contributed by atoms with E-state index in [4.69, 9.17) is 5.73 Å². The molecule has 5 rings (SSSR count). The lowest BCUT2D eigenvalue weighted by Crippen LogP contribution is -2.29. The Kier molecular flexibility index (Phi) is 3.12. The van der Waals surface area contributed by atoms with E-state index in [1.807, 2.05) is 6.20 Å². The summed E-state index contributed by atoms with van der Waals surface area (Å²) in [4.78, 5) is 9.65. The van der Waals surface area contributed by atoms with E-state index in [0.29, 0.717) is 0 Å². The number of rotatable bonds is 3. The first kappa shape index (κ1) is 14.5. The summed E-state index contributed by atoms with van der Waals surface area (Å²) in [5.41, 5.74) is 10.6. The van der Waals surface area contributed by atoms with Gasteiger partial charge in [-0.25, -0.2) is 4.98 Å². The van der Waals surface area contributed by atoms with Gasteiger partial charge in [-0.2, -0.15) is 0 Å². The maximum atomic E-state index is 5.99. The average Bonchev–Trinajstić information content (AvgIpc) is 3.03. The summed E-state index contributed by atoms with van der Waals surface area (Å²) in [7, 11) is 0. The molecule has 5 heteroatoms. The van der Waals surface area contributed by atoms with Crippen molar-refractivity contribution < 1.29 is 0 Å². The lowest BCUT2D eigenvalue weighted by molar-refractivity contribution is 0.475. The highest BCUT2D eigenvalue weighted by Crippen LogP contribution is 2.44. The monoisotopic (exact) mass is 331 g/mol. The van der Waals surface area contributed by atoms with Crippen LogP contribution in [0.4, 0.5) is 0 Å². The molecule has 0 amide bonds. The quantitative estimate of drug-likeness (QED) is 0.646. The molecule has 3 heterocycles. The Labute approximate surface area is 146 Å². The minimum Gasteiger partial charge on any atom is -0.403 e. The molecule has 0 aliphatic carbocycles. The average molecular weight is 331 g/mol. The zero-order chi connectivity index (χ0) is 16.9. The van der Waals surface area contributed by atoms with Crippen LogP contribution in [0.1, 0.15) is 18.4 Å². The number of H-pyrrole nitrogens is 1. The molecule has 1 unspecified atom stereocenters. The molecule has 1 aromatic heterocycles. The molecule has 4 N–H and O–H groups in total. The molecular formula is C20H21N5. The molecule has 0 bridgehead atoms. The zero-order valence-electron chi connectivity index (χ0n) is 14.0. The Morgan fingerprint density at radius 1 is 1.20 bits per heavy atom. The smallest absolute Gasteiger partial charge is 0.109 e. The summed E-state index contributed by atoms with van der Waals surface area (Å²) in [5.74, 6) is 0. The predicted octanol–water partition coefficient (Wildman–Crippen LogP) is 2.88. The van der Waals surface area contributed by atoms with E-state index >= 15 is 0 Å². The standard InChI is InChI=1S/C20H21N5/c21-10-19(25-12-20(25)6-1-7-24-20)17-5-3-14-8-16(4-2-15(14)9-17)18-11-22-13-23-18/h2-5,8-11,13,24H,1,6-7,12,21H2,(H,22,23)/b19-10-. The summed E-state index contributed by atoms with van der Waals surface area (Å²) in [6, 6.07) is 13.0. The first-order valence-electron chi connectivity index (χ1n) is 8.77. The molecule has 2 aliphatic rings. The van der Waals surface area contributed by atoms with Crippen LogP contribution in [0.5, 0.6) is 0 Å². The molecule has 2 aromatic carbocycles. The summed E-state index contributed by atoms with van der Waals surface area (Å²) in [6.45, 7) is 2.15. The molecule has 2 aliphatic heterocycles. The Morgan fingerprint density at radius 3 is 2.84 bits per heavy atom. The molecule has 2 saturated heterocycles. The third-order valence-electron chi connectivity index (χ3n) is 5.45. The zero-order valence-corrected chi connectivity index (χ0v) is 14.0. The lowest BCUT2D eigenvalue weighted by Gasteiger charge is -2.16. The molecular weight excluding hydrogens is 310 g/mol. The maximum Gasteiger partial charge on any atom is 0.109 e. The van der Waals surface area contributed by atoms with Crippen LogP contribution in [0, 0.1) is 0 Å². The van der Waals surface area contributed by atoms with Gasteiger partial charge in [0, 0.05) is 11.8 Å². The first-order chi connectivity index (χ1) is 12.3. The number of fused-ring (bicyclic) bond motifs is 1. The summed E-state index contributed by atoms with van der Waals surface area (Å²) in [5, 5.41) is 6.05. The van der Waals surface area contributed by atoms with Crippen LogP contribution >= 0.6 is 0 Å². The second kappa shape index (κ2) is 5.36. The molecule has 126 valence electrons. The maximum absolute atomic E-state index is 5.99. The molecule has 25 heavy (non-hydrogen) atoms. The van der Waals surface area contributed by atoms with Crippen LogP contribution in [0.15, 0.2) is 55.1 Å². The van der Waals surface area contributed by atoms with Crippen molar-refractivity contribution in [3.63, 3.8) is 0 Å². The first-order valence-corrected chi connectivity index (χ1v) is 8.77. The topological polar surface area (TPSA) is 69.7 Å². The van der Waals surface area contributed by atoms with Crippen molar-refractivity contribution in [3.8, 4) is 11.3 Å².